The van der Waals surface area contributed by atoms with Crippen molar-refractivity contribution in [2.75, 3.05) is 6.61 Å². The van der Waals surface area contributed by atoms with Crippen molar-refractivity contribution in [3.8, 4) is 0 Å². The smallest absolute Gasteiger partial charge is 0.163 e. The molecule has 2 rings (SSSR count). The summed E-state index contributed by atoms with van der Waals surface area (Å²) in [4.78, 5) is 0. The van der Waals surface area contributed by atoms with Gasteiger partial charge in [0.2, 0.25) is 0 Å². The molecule has 0 spiro atoms. The lowest BCUT2D eigenvalue weighted by Crippen LogP contribution is -2.33. The Morgan fingerprint density at radius 3 is 2.29 bits per heavy atom. The van der Waals surface area contributed by atoms with Crippen molar-refractivity contribution >= 4 is 0 Å². The second kappa shape index (κ2) is 13.0. The highest BCUT2D eigenvalue weighted by atomic mass is 16.7. The van der Waals surface area contributed by atoms with Gasteiger partial charge in [-0.1, -0.05) is 64.0 Å². The summed E-state index contributed by atoms with van der Waals surface area (Å²) in [6, 6.07) is 0. The quantitative estimate of drug-likeness (QED) is 0.293. The Balaban J connectivity index is 1.47. The highest BCUT2D eigenvalue weighted by Crippen LogP contribution is 2.33. The Morgan fingerprint density at radius 1 is 0.929 bits per heavy atom. The molecule has 0 saturated carbocycles. The molecule has 0 radical (unpaired) electrons. The molecule has 4 atom stereocenters. The minimum absolute atomic E-state index is 0.00117. The van der Waals surface area contributed by atoms with Gasteiger partial charge in [0.25, 0.3) is 0 Å². The predicted molar refractivity (Wildman–Crippen MR) is 114 cm³/mol. The highest BCUT2D eigenvalue weighted by Gasteiger charge is 2.42. The van der Waals surface area contributed by atoms with Crippen LogP contribution in [0.4, 0.5) is 0 Å². The number of unbranched alkanes of at least 4 members (excludes halogenated alkanes) is 8. The van der Waals surface area contributed by atoms with E-state index in [4.69, 9.17) is 14.2 Å². The van der Waals surface area contributed by atoms with E-state index in [0.717, 1.165) is 25.7 Å². The van der Waals surface area contributed by atoms with E-state index in [-0.39, 0.29) is 24.4 Å². The molecule has 28 heavy (non-hydrogen) atoms. The Hall–Kier alpha value is -0.420. The molecule has 2 fully saturated rings. The van der Waals surface area contributed by atoms with Crippen LogP contribution in [0.3, 0.4) is 0 Å². The van der Waals surface area contributed by atoms with Crippen LogP contribution in [0.1, 0.15) is 104 Å². The van der Waals surface area contributed by atoms with Crippen molar-refractivity contribution < 1.29 is 19.3 Å². The Kier molecular flexibility index (Phi) is 11.1. The van der Waals surface area contributed by atoms with Crippen molar-refractivity contribution in [2.24, 2.45) is 0 Å². The molecular weight excluding hydrogens is 352 g/mol. The predicted octanol–water partition coefficient (Wildman–Crippen LogP) is 5.91. The first-order valence-corrected chi connectivity index (χ1v) is 11.8. The zero-order valence-electron chi connectivity index (χ0n) is 18.5. The van der Waals surface area contributed by atoms with Crippen LogP contribution in [0.5, 0.6) is 0 Å². The van der Waals surface area contributed by atoms with Crippen molar-refractivity contribution in [1.82, 2.24) is 0 Å². The fourth-order valence-corrected chi connectivity index (χ4v) is 4.23. The molecule has 0 unspecified atom stereocenters. The van der Waals surface area contributed by atoms with Gasteiger partial charge in [0, 0.05) is 0 Å². The molecule has 0 bridgehead atoms. The van der Waals surface area contributed by atoms with E-state index in [1.54, 1.807) is 0 Å². The molecule has 0 amide bonds. The van der Waals surface area contributed by atoms with Gasteiger partial charge in [-0.2, -0.15) is 0 Å². The Labute approximate surface area is 173 Å². The maximum atomic E-state index is 10.4. The van der Waals surface area contributed by atoms with Crippen LogP contribution >= 0.6 is 0 Å². The minimum Gasteiger partial charge on any atom is -0.390 e. The van der Waals surface area contributed by atoms with E-state index < -0.39 is 5.79 Å². The molecule has 2 heterocycles. The van der Waals surface area contributed by atoms with Crippen molar-refractivity contribution in [3.05, 3.63) is 12.2 Å². The maximum Gasteiger partial charge on any atom is 0.163 e. The van der Waals surface area contributed by atoms with E-state index in [0.29, 0.717) is 6.61 Å². The molecule has 2 aliphatic heterocycles. The second-order valence-electron chi connectivity index (χ2n) is 9.04. The number of aliphatic hydroxyl groups excluding tert-OH is 1. The molecule has 2 saturated heterocycles. The van der Waals surface area contributed by atoms with Gasteiger partial charge >= 0.3 is 0 Å². The first kappa shape index (κ1) is 23.9. The van der Waals surface area contributed by atoms with Gasteiger partial charge in [-0.25, -0.2) is 0 Å². The van der Waals surface area contributed by atoms with Crippen LogP contribution in [0.15, 0.2) is 12.2 Å². The van der Waals surface area contributed by atoms with E-state index in [1.807, 2.05) is 13.8 Å². The Bertz CT molecular complexity index is 434. The lowest BCUT2D eigenvalue weighted by Gasteiger charge is -2.23. The molecule has 2 aliphatic rings. The van der Waals surface area contributed by atoms with Gasteiger partial charge in [-0.15, -0.1) is 0 Å². The summed E-state index contributed by atoms with van der Waals surface area (Å²) in [5.74, 6) is -0.509. The largest absolute Gasteiger partial charge is 0.390 e. The van der Waals surface area contributed by atoms with E-state index in [9.17, 15) is 5.11 Å². The molecule has 0 aromatic heterocycles. The van der Waals surface area contributed by atoms with Gasteiger partial charge in [0.15, 0.2) is 5.79 Å². The SMILES string of the molecule is CCCCCCCCCC/C=C/CC[C@@H](O)[C@@H]1CC[C@H]([C@H]2COC(C)(C)O2)O1. The Morgan fingerprint density at radius 2 is 1.61 bits per heavy atom. The summed E-state index contributed by atoms with van der Waals surface area (Å²) in [6.07, 6.45) is 19.8. The number of allylic oxidation sites excluding steroid dienone is 2. The maximum absolute atomic E-state index is 10.4. The average Bonchev–Trinajstić information content (AvgIpc) is 3.29. The van der Waals surface area contributed by atoms with E-state index in [1.165, 1.54) is 57.8 Å². The first-order chi connectivity index (χ1) is 13.5. The van der Waals surface area contributed by atoms with Crippen molar-refractivity contribution in [3.63, 3.8) is 0 Å². The molecular formula is C24H44O4. The monoisotopic (exact) mass is 396 g/mol. The zero-order chi connectivity index (χ0) is 20.2. The number of ether oxygens (including phenoxy) is 3. The minimum atomic E-state index is -0.509. The molecule has 4 heteroatoms. The zero-order valence-corrected chi connectivity index (χ0v) is 18.5. The van der Waals surface area contributed by atoms with Crippen LogP contribution in [-0.2, 0) is 14.2 Å². The summed E-state index contributed by atoms with van der Waals surface area (Å²) in [7, 11) is 0. The second-order valence-corrected chi connectivity index (χ2v) is 9.04. The van der Waals surface area contributed by atoms with Crippen LogP contribution < -0.4 is 0 Å². The van der Waals surface area contributed by atoms with Gasteiger partial charge in [-0.05, 0) is 52.4 Å². The van der Waals surface area contributed by atoms with Crippen molar-refractivity contribution in [1.29, 1.82) is 0 Å². The normalized spacial score (nSPS) is 28.4. The van der Waals surface area contributed by atoms with Crippen LogP contribution in [0.25, 0.3) is 0 Å². The standard InChI is InChI=1S/C24H44O4/c1-4-5-6-7-8-9-10-11-12-13-14-15-16-20(25)21-17-18-22(27-21)23-19-26-24(2,3)28-23/h13-14,20-23,25H,4-12,15-19H2,1-3H3/b14-13+/t20-,21+,22-,23-/m1/s1. The van der Waals surface area contributed by atoms with E-state index in [2.05, 4.69) is 19.1 Å². The lowest BCUT2D eigenvalue weighted by molar-refractivity contribution is -0.158. The molecule has 0 aromatic carbocycles. The summed E-state index contributed by atoms with van der Waals surface area (Å²) in [6.45, 7) is 6.73. The lowest BCUT2D eigenvalue weighted by atomic mass is 10.0. The van der Waals surface area contributed by atoms with E-state index >= 15 is 0 Å². The van der Waals surface area contributed by atoms with Crippen LogP contribution in [0.2, 0.25) is 0 Å². The number of hydrogen-bond donors (Lipinski definition) is 1. The molecule has 0 aliphatic carbocycles. The molecule has 1 N–H and O–H groups in total. The summed E-state index contributed by atoms with van der Waals surface area (Å²) >= 11 is 0. The third-order valence-electron chi connectivity index (χ3n) is 5.98. The third kappa shape index (κ3) is 8.94. The number of aliphatic hydroxyl groups is 1. The summed E-state index contributed by atoms with van der Waals surface area (Å²) < 4.78 is 17.6. The van der Waals surface area contributed by atoms with Crippen molar-refractivity contribution in [2.45, 2.75) is 134 Å². The third-order valence-corrected chi connectivity index (χ3v) is 5.98. The van der Waals surface area contributed by atoms with Gasteiger partial charge < -0.3 is 19.3 Å². The van der Waals surface area contributed by atoms with Gasteiger partial charge in [0.05, 0.1) is 24.9 Å². The van der Waals surface area contributed by atoms with Crippen LogP contribution in [-0.4, -0.2) is 41.9 Å². The number of hydrogen-bond acceptors (Lipinski definition) is 4. The van der Waals surface area contributed by atoms with Gasteiger partial charge in [0.1, 0.15) is 6.10 Å². The van der Waals surface area contributed by atoms with Gasteiger partial charge in [-0.3, -0.25) is 0 Å². The average molecular weight is 397 g/mol. The van der Waals surface area contributed by atoms with Crippen LogP contribution in [0, 0.1) is 0 Å². The molecule has 0 aromatic rings. The molecule has 4 nitrogen and oxygen atoms in total. The number of rotatable bonds is 14. The topological polar surface area (TPSA) is 47.9 Å². The fourth-order valence-electron chi connectivity index (χ4n) is 4.23. The first-order valence-electron chi connectivity index (χ1n) is 11.8. The molecule has 164 valence electrons. The summed E-state index contributed by atoms with van der Waals surface area (Å²) in [5, 5.41) is 10.4. The highest BCUT2D eigenvalue weighted by molar-refractivity contribution is 4.88. The summed E-state index contributed by atoms with van der Waals surface area (Å²) in [5.41, 5.74) is 0. The fraction of sp³-hybridized carbons (Fsp3) is 0.917.